The van der Waals surface area contributed by atoms with Crippen LogP contribution in [-0.2, 0) is 0 Å². The predicted molar refractivity (Wildman–Crippen MR) is 129 cm³/mol. The van der Waals surface area contributed by atoms with Crippen molar-refractivity contribution >= 4 is 22.6 Å². The summed E-state index contributed by atoms with van der Waals surface area (Å²) in [5.74, 6) is 0.560. The molecule has 2 aliphatic rings. The molecular weight excluding hydrogens is 402 g/mol. The zero-order chi connectivity index (χ0) is 22.5. The standard InChI is InChI=1S/C25H37N5O2/c1-17(26)27-25(32)21-14-18-8-6-7-11-22(18)29-24(21)30-13-12-23(19(15-30)16-31)28-20-9-4-2-3-5-10-20/h6-8,11,14,17,19-20,23,28,31H,2-5,9-10,12-13,15-16,26H2,1H3,(H,27,32). The number of fused-ring (bicyclic) bond motifs is 1. The van der Waals surface area contributed by atoms with Crippen molar-refractivity contribution in [2.24, 2.45) is 11.7 Å². The molecule has 1 aromatic carbocycles. The molecule has 7 nitrogen and oxygen atoms in total. The fourth-order valence-corrected chi connectivity index (χ4v) is 5.18. The monoisotopic (exact) mass is 439 g/mol. The lowest BCUT2D eigenvalue weighted by Gasteiger charge is -2.41. The number of nitrogens with zero attached hydrogens (tertiary/aromatic N) is 2. The number of para-hydroxylation sites is 1. The highest BCUT2D eigenvalue weighted by Crippen LogP contribution is 2.29. The van der Waals surface area contributed by atoms with Gasteiger partial charge in [-0.25, -0.2) is 4.98 Å². The maximum absolute atomic E-state index is 13.0. The van der Waals surface area contributed by atoms with Crippen molar-refractivity contribution in [1.82, 2.24) is 15.6 Å². The summed E-state index contributed by atoms with van der Waals surface area (Å²) in [7, 11) is 0. The summed E-state index contributed by atoms with van der Waals surface area (Å²) in [5, 5.41) is 17.8. The third kappa shape index (κ3) is 5.39. The van der Waals surface area contributed by atoms with Gasteiger partial charge in [-0.2, -0.15) is 0 Å². The molecule has 1 saturated carbocycles. The molecule has 3 atom stereocenters. The van der Waals surface area contributed by atoms with E-state index in [9.17, 15) is 9.90 Å². The summed E-state index contributed by atoms with van der Waals surface area (Å²) < 4.78 is 0. The molecule has 1 aliphatic heterocycles. The molecule has 0 spiro atoms. The largest absolute Gasteiger partial charge is 0.396 e. The van der Waals surface area contributed by atoms with Crippen LogP contribution in [0.25, 0.3) is 10.9 Å². The lowest BCUT2D eigenvalue weighted by molar-refractivity contribution is 0.0941. The number of nitrogens with one attached hydrogen (secondary N) is 2. The Hall–Kier alpha value is -2.22. The Morgan fingerprint density at radius 2 is 1.97 bits per heavy atom. The fourth-order valence-electron chi connectivity index (χ4n) is 5.18. The number of pyridine rings is 1. The quantitative estimate of drug-likeness (QED) is 0.408. The lowest BCUT2D eigenvalue weighted by atomic mass is 9.91. The molecular formula is C25H37N5O2. The first-order valence-corrected chi connectivity index (χ1v) is 12.1. The van der Waals surface area contributed by atoms with Gasteiger partial charge in [0.25, 0.3) is 5.91 Å². The summed E-state index contributed by atoms with van der Waals surface area (Å²) in [6.45, 7) is 3.34. The molecule has 7 heteroatoms. The topological polar surface area (TPSA) is 104 Å². The number of piperidine rings is 1. The first-order valence-electron chi connectivity index (χ1n) is 12.1. The van der Waals surface area contributed by atoms with Gasteiger partial charge in [0.1, 0.15) is 5.82 Å². The van der Waals surface area contributed by atoms with Crippen LogP contribution in [0.3, 0.4) is 0 Å². The van der Waals surface area contributed by atoms with E-state index in [-0.39, 0.29) is 18.4 Å². The van der Waals surface area contributed by atoms with Crippen LogP contribution in [0.5, 0.6) is 0 Å². The zero-order valence-electron chi connectivity index (χ0n) is 19.1. The van der Waals surface area contributed by atoms with Gasteiger partial charge in [0.15, 0.2) is 0 Å². The van der Waals surface area contributed by atoms with Crippen LogP contribution < -0.4 is 21.3 Å². The Kier molecular flexibility index (Phi) is 7.60. The van der Waals surface area contributed by atoms with Gasteiger partial charge in [0.2, 0.25) is 0 Å². The van der Waals surface area contributed by atoms with Crippen LogP contribution in [0.1, 0.15) is 62.2 Å². The smallest absolute Gasteiger partial charge is 0.256 e. The van der Waals surface area contributed by atoms with Crippen molar-refractivity contribution in [3.8, 4) is 0 Å². The SMILES string of the molecule is CC(N)NC(=O)c1cc2ccccc2nc1N1CCC(NC2CCCCCC2)C(CO)C1. The molecule has 2 aromatic rings. The molecule has 4 rings (SSSR count). The van der Waals surface area contributed by atoms with E-state index in [4.69, 9.17) is 10.7 Å². The number of aliphatic hydroxyl groups excluding tert-OH is 1. The van der Waals surface area contributed by atoms with E-state index in [0.29, 0.717) is 30.0 Å². The van der Waals surface area contributed by atoms with Gasteiger partial charge >= 0.3 is 0 Å². The Morgan fingerprint density at radius 1 is 1.22 bits per heavy atom. The van der Waals surface area contributed by atoms with Crippen molar-refractivity contribution in [1.29, 1.82) is 0 Å². The first-order chi connectivity index (χ1) is 15.5. The summed E-state index contributed by atoms with van der Waals surface area (Å²) >= 11 is 0. The molecule has 3 unspecified atom stereocenters. The number of amides is 1. The van der Waals surface area contributed by atoms with E-state index in [1.54, 1.807) is 6.92 Å². The maximum Gasteiger partial charge on any atom is 0.256 e. The average molecular weight is 440 g/mol. The maximum atomic E-state index is 13.0. The molecule has 5 N–H and O–H groups in total. The Balaban J connectivity index is 1.56. The van der Waals surface area contributed by atoms with Crippen LogP contribution in [0.15, 0.2) is 30.3 Å². The van der Waals surface area contributed by atoms with E-state index in [0.717, 1.165) is 23.9 Å². The van der Waals surface area contributed by atoms with Crippen molar-refractivity contribution in [2.45, 2.75) is 70.1 Å². The van der Waals surface area contributed by atoms with E-state index >= 15 is 0 Å². The van der Waals surface area contributed by atoms with Gasteiger partial charge in [0, 0.05) is 43.1 Å². The van der Waals surface area contributed by atoms with Gasteiger partial charge in [-0.1, -0.05) is 43.9 Å². The first kappa shape index (κ1) is 23.0. The molecule has 1 saturated heterocycles. The number of anilines is 1. The van der Waals surface area contributed by atoms with Crippen LogP contribution in [0.2, 0.25) is 0 Å². The number of benzene rings is 1. The number of hydrogen-bond donors (Lipinski definition) is 4. The molecule has 0 radical (unpaired) electrons. The molecule has 2 fully saturated rings. The van der Waals surface area contributed by atoms with E-state index in [1.807, 2.05) is 30.3 Å². The Labute approximate surface area is 190 Å². The summed E-state index contributed by atoms with van der Waals surface area (Å²) in [4.78, 5) is 20.0. The second-order valence-electron chi connectivity index (χ2n) is 9.45. The van der Waals surface area contributed by atoms with E-state index < -0.39 is 6.17 Å². The molecule has 0 bridgehead atoms. The fraction of sp³-hybridized carbons (Fsp3) is 0.600. The number of hydrogen-bond acceptors (Lipinski definition) is 6. The molecule has 2 heterocycles. The molecule has 174 valence electrons. The summed E-state index contributed by atoms with van der Waals surface area (Å²) in [5.41, 5.74) is 7.22. The summed E-state index contributed by atoms with van der Waals surface area (Å²) in [6.07, 6.45) is 8.18. The average Bonchev–Trinajstić information content (AvgIpc) is 3.06. The van der Waals surface area contributed by atoms with Crippen LogP contribution in [0.4, 0.5) is 5.82 Å². The van der Waals surface area contributed by atoms with E-state index in [2.05, 4.69) is 15.5 Å². The number of carbonyl (C=O) groups is 1. The second-order valence-corrected chi connectivity index (χ2v) is 9.45. The molecule has 1 aromatic heterocycles. The van der Waals surface area contributed by atoms with Gasteiger partial charge in [-0.15, -0.1) is 0 Å². The minimum atomic E-state index is -0.443. The number of carbonyl (C=O) groups excluding carboxylic acids is 1. The minimum absolute atomic E-state index is 0.101. The number of nitrogens with two attached hydrogens (primary N) is 1. The number of rotatable bonds is 6. The van der Waals surface area contributed by atoms with Crippen LogP contribution >= 0.6 is 0 Å². The third-order valence-corrected chi connectivity index (χ3v) is 6.88. The van der Waals surface area contributed by atoms with Crippen molar-refractivity contribution in [2.75, 3.05) is 24.6 Å². The number of aliphatic hydroxyl groups is 1. The van der Waals surface area contributed by atoms with Gasteiger partial charge < -0.3 is 26.4 Å². The Bertz CT molecular complexity index is 910. The minimum Gasteiger partial charge on any atom is -0.396 e. The third-order valence-electron chi connectivity index (χ3n) is 6.88. The Morgan fingerprint density at radius 3 is 2.69 bits per heavy atom. The van der Waals surface area contributed by atoms with Crippen molar-refractivity contribution in [3.63, 3.8) is 0 Å². The number of aromatic nitrogens is 1. The normalized spacial score (nSPS) is 23.7. The molecule has 1 aliphatic carbocycles. The highest BCUT2D eigenvalue weighted by atomic mass is 16.3. The summed E-state index contributed by atoms with van der Waals surface area (Å²) in [6, 6.07) is 10.6. The predicted octanol–water partition coefficient (Wildman–Crippen LogP) is 2.77. The highest BCUT2D eigenvalue weighted by molar-refractivity contribution is 6.02. The molecule has 1 amide bonds. The van der Waals surface area contributed by atoms with Crippen molar-refractivity contribution < 1.29 is 9.90 Å². The van der Waals surface area contributed by atoms with Crippen LogP contribution in [-0.4, -0.2) is 53.9 Å². The van der Waals surface area contributed by atoms with Gasteiger partial charge in [-0.05, 0) is 38.3 Å². The van der Waals surface area contributed by atoms with Gasteiger partial charge in [-0.3, -0.25) is 4.79 Å². The second kappa shape index (κ2) is 10.6. The van der Waals surface area contributed by atoms with Crippen molar-refractivity contribution in [3.05, 3.63) is 35.9 Å². The van der Waals surface area contributed by atoms with Crippen LogP contribution in [0, 0.1) is 5.92 Å². The lowest BCUT2D eigenvalue weighted by Crippen LogP contribution is -2.53. The van der Waals surface area contributed by atoms with Gasteiger partial charge in [0.05, 0.1) is 17.2 Å². The zero-order valence-corrected chi connectivity index (χ0v) is 19.1. The van der Waals surface area contributed by atoms with E-state index in [1.165, 1.54) is 38.5 Å². The molecule has 32 heavy (non-hydrogen) atoms. The highest BCUT2D eigenvalue weighted by Gasteiger charge is 2.32.